The van der Waals surface area contributed by atoms with Crippen molar-refractivity contribution in [1.29, 1.82) is 5.26 Å². The summed E-state index contributed by atoms with van der Waals surface area (Å²) in [7, 11) is 0. The molecule has 0 saturated carbocycles. The van der Waals surface area contributed by atoms with Crippen LogP contribution in [0.4, 0.5) is 5.69 Å². The first kappa shape index (κ1) is 22.3. The van der Waals surface area contributed by atoms with Crippen LogP contribution in [0.15, 0.2) is 30.5 Å². The molecule has 1 aliphatic heterocycles. The standard InChI is InChI=1S/C25H26Cl2N4O2/c26-9-11-33-25-17(14-28)12-20-19(24(25)27)4-3-5-21(20)30-18-8-7-16-15-29-31(22(16)13-18)23-6-1-2-10-32-23/h7-8,12-13,15,21,23,30H,1-6,9-11H2. The van der Waals surface area contributed by atoms with Crippen LogP contribution in [-0.4, -0.2) is 28.9 Å². The monoisotopic (exact) mass is 484 g/mol. The fourth-order valence-electron chi connectivity index (χ4n) is 4.88. The molecule has 2 heterocycles. The summed E-state index contributed by atoms with van der Waals surface area (Å²) in [6, 6.07) is 10.5. The molecule has 0 bridgehead atoms. The van der Waals surface area contributed by atoms with Crippen molar-refractivity contribution in [3.05, 3.63) is 52.2 Å². The summed E-state index contributed by atoms with van der Waals surface area (Å²) >= 11 is 12.5. The van der Waals surface area contributed by atoms with Gasteiger partial charge in [0.2, 0.25) is 0 Å². The molecule has 2 aliphatic rings. The van der Waals surface area contributed by atoms with Gasteiger partial charge in [-0.15, -0.1) is 11.6 Å². The van der Waals surface area contributed by atoms with Crippen LogP contribution in [0.3, 0.4) is 0 Å². The molecule has 1 aliphatic carbocycles. The molecule has 2 unspecified atom stereocenters. The lowest BCUT2D eigenvalue weighted by Crippen LogP contribution is -2.20. The van der Waals surface area contributed by atoms with Gasteiger partial charge in [-0.25, -0.2) is 4.68 Å². The molecule has 0 spiro atoms. The largest absolute Gasteiger partial charge is 0.489 e. The highest BCUT2D eigenvalue weighted by Crippen LogP contribution is 2.42. The van der Waals surface area contributed by atoms with Crippen molar-refractivity contribution in [3.63, 3.8) is 0 Å². The van der Waals surface area contributed by atoms with Gasteiger partial charge >= 0.3 is 0 Å². The zero-order chi connectivity index (χ0) is 22.8. The van der Waals surface area contributed by atoms with Gasteiger partial charge < -0.3 is 14.8 Å². The number of aromatic nitrogens is 2. The number of ether oxygens (including phenoxy) is 2. The smallest absolute Gasteiger partial charge is 0.155 e. The Bertz CT molecular complexity index is 1200. The molecule has 0 amide bonds. The number of fused-ring (bicyclic) bond motifs is 2. The SMILES string of the molecule is N#Cc1cc2c(c(Cl)c1OCCCl)CCCC2Nc1ccc2cnn(C3CCCCO3)c2c1. The number of alkyl halides is 1. The summed E-state index contributed by atoms with van der Waals surface area (Å²) < 4.78 is 13.7. The number of nitrogens with zero attached hydrogens (tertiary/aromatic N) is 3. The molecule has 33 heavy (non-hydrogen) atoms. The van der Waals surface area contributed by atoms with Crippen LogP contribution in [0, 0.1) is 11.3 Å². The first-order valence-electron chi connectivity index (χ1n) is 11.5. The van der Waals surface area contributed by atoms with Crippen molar-refractivity contribution in [3.8, 4) is 11.8 Å². The van der Waals surface area contributed by atoms with Crippen LogP contribution in [0.5, 0.6) is 5.75 Å². The molecule has 6 nitrogen and oxygen atoms in total. The molecule has 172 valence electrons. The molecule has 2 atom stereocenters. The first-order valence-corrected chi connectivity index (χ1v) is 12.4. The Morgan fingerprint density at radius 3 is 2.94 bits per heavy atom. The maximum absolute atomic E-state index is 9.71. The molecule has 3 aromatic rings. The number of hydrogen-bond acceptors (Lipinski definition) is 5. The third-order valence-electron chi connectivity index (χ3n) is 6.46. The molecular weight excluding hydrogens is 459 g/mol. The molecule has 2 aromatic carbocycles. The summed E-state index contributed by atoms with van der Waals surface area (Å²) in [6.45, 7) is 1.09. The summed E-state index contributed by atoms with van der Waals surface area (Å²) in [5.41, 5.74) is 4.62. The Kier molecular flexibility index (Phi) is 6.64. The van der Waals surface area contributed by atoms with E-state index in [2.05, 4.69) is 34.7 Å². The van der Waals surface area contributed by atoms with Crippen molar-refractivity contribution in [2.24, 2.45) is 0 Å². The Hall–Kier alpha value is -2.46. The molecule has 0 radical (unpaired) electrons. The minimum absolute atomic E-state index is 0.00897. The first-order chi connectivity index (χ1) is 16.2. The zero-order valence-electron chi connectivity index (χ0n) is 18.3. The van der Waals surface area contributed by atoms with Gasteiger partial charge in [0.25, 0.3) is 0 Å². The number of anilines is 1. The Balaban J connectivity index is 1.46. The Morgan fingerprint density at radius 2 is 2.15 bits per heavy atom. The highest BCUT2D eigenvalue weighted by atomic mass is 35.5. The van der Waals surface area contributed by atoms with Gasteiger partial charge in [0.15, 0.2) is 12.0 Å². The lowest BCUT2D eigenvalue weighted by Gasteiger charge is -2.29. The molecule has 1 fully saturated rings. The quantitative estimate of drug-likeness (QED) is 0.411. The van der Waals surface area contributed by atoms with Crippen molar-refractivity contribution in [2.45, 2.75) is 50.8 Å². The number of hydrogen-bond donors (Lipinski definition) is 1. The summed E-state index contributed by atoms with van der Waals surface area (Å²) in [4.78, 5) is 0. The maximum atomic E-state index is 9.71. The predicted molar refractivity (Wildman–Crippen MR) is 130 cm³/mol. The normalized spacial score (nSPS) is 20.3. The van der Waals surface area contributed by atoms with Crippen LogP contribution in [0.2, 0.25) is 5.02 Å². The Labute approximate surface area is 203 Å². The summed E-state index contributed by atoms with van der Waals surface area (Å²) in [5, 5.41) is 19.6. The van der Waals surface area contributed by atoms with E-state index in [1.54, 1.807) is 0 Å². The lowest BCUT2D eigenvalue weighted by molar-refractivity contribution is -0.0366. The van der Waals surface area contributed by atoms with E-state index in [-0.39, 0.29) is 12.3 Å². The van der Waals surface area contributed by atoms with E-state index in [0.717, 1.165) is 72.8 Å². The second kappa shape index (κ2) is 9.80. The second-order valence-electron chi connectivity index (χ2n) is 8.56. The molecule has 1 saturated heterocycles. The van der Waals surface area contributed by atoms with Crippen LogP contribution >= 0.6 is 23.2 Å². The fourth-order valence-corrected chi connectivity index (χ4v) is 5.32. The lowest BCUT2D eigenvalue weighted by atomic mass is 9.86. The molecule has 1 N–H and O–H groups in total. The van der Waals surface area contributed by atoms with Crippen molar-refractivity contribution < 1.29 is 9.47 Å². The topological polar surface area (TPSA) is 72.1 Å². The van der Waals surface area contributed by atoms with E-state index >= 15 is 0 Å². The summed E-state index contributed by atoms with van der Waals surface area (Å²) in [6.07, 6.45) is 7.95. The van der Waals surface area contributed by atoms with Gasteiger partial charge in [-0.2, -0.15) is 10.4 Å². The van der Waals surface area contributed by atoms with E-state index in [9.17, 15) is 5.26 Å². The van der Waals surface area contributed by atoms with Crippen molar-refractivity contribution in [2.75, 3.05) is 24.4 Å². The number of halogens is 2. The van der Waals surface area contributed by atoms with Crippen LogP contribution in [0.1, 0.15) is 61.1 Å². The van der Waals surface area contributed by atoms with E-state index < -0.39 is 0 Å². The van der Waals surface area contributed by atoms with Gasteiger partial charge in [-0.3, -0.25) is 0 Å². The van der Waals surface area contributed by atoms with Gasteiger partial charge in [-0.05, 0) is 73.9 Å². The average molecular weight is 485 g/mol. The van der Waals surface area contributed by atoms with Gasteiger partial charge in [0, 0.05) is 17.7 Å². The van der Waals surface area contributed by atoms with Gasteiger partial charge in [0.1, 0.15) is 12.7 Å². The Morgan fingerprint density at radius 1 is 1.24 bits per heavy atom. The number of nitrogens with one attached hydrogen (secondary N) is 1. The molecule has 1 aromatic heterocycles. The molecular formula is C25H26Cl2N4O2. The summed E-state index contributed by atoms with van der Waals surface area (Å²) in [5.74, 6) is 0.782. The highest BCUT2D eigenvalue weighted by molar-refractivity contribution is 6.33. The van der Waals surface area contributed by atoms with Gasteiger partial charge in [0.05, 0.1) is 34.2 Å². The third-order valence-corrected chi connectivity index (χ3v) is 7.02. The number of nitriles is 1. The fraction of sp³-hybridized carbons (Fsp3) is 0.440. The number of rotatable bonds is 6. The number of benzene rings is 2. The van der Waals surface area contributed by atoms with Crippen LogP contribution < -0.4 is 10.1 Å². The van der Waals surface area contributed by atoms with E-state index in [1.807, 2.05) is 16.9 Å². The van der Waals surface area contributed by atoms with Crippen molar-refractivity contribution in [1.82, 2.24) is 9.78 Å². The van der Waals surface area contributed by atoms with Crippen molar-refractivity contribution >= 4 is 39.8 Å². The third kappa shape index (κ3) is 4.38. The second-order valence-corrected chi connectivity index (χ2v) is 9.31. The van der Waals surface area contributed by atoms with Crippen LogP contribution in [0.25, 0.3) is 10.9 Å². The molecule has 5 rings (SSSR count). The van der Waals surface area contributed by atoms with E-state index in [0.29, 0.717) is 28.8 Å². The average Bonchev–Trinajstić information content (AvgIpc) is 3.27. The zero-order valence-corrected chi connectivity index (χ0v) is 19.8. The van der Waals surface area contributed by atoms with E-state index in [1.165, 1.54) is 0 Å². The van der Waals surface area contributed by atoms with Gasteiger partial charge in [-0.1, -0.05) is 11.6 Å². The molecule has 8 heteroatoms. The van der Waals surface area contributed by atoms with Crippen LogP contribution in [-0.2, 0) is 11.2 Å². The minimum atomic E-state index is -0.00897. The minimum Gasteiger partial charge on any atom is -0.489 e. The maximum Gasteiger partial charge on any atom is 0.155 e. The predicted octanol–water partition coefficient (Wildman–Crippen LogP) is 6.37. The highest BCUT2D eigenvalue weighted by Gasteiger charge is 2.27. The van der Waals surface area contributed by atoms with E-state index in [4.69, 9.17) is 32.7 Å².